The van der Waals surface area contributed by atoms with E-state index >= 15 is 0 Å². The van der Waals surface area contributed by atoms with Crippen LogP contribution in [0, 0.1) is 6.92 Å². The monoisotopic (exact) mass is 459 g/mol. The molecule has 0 atom stereocenters. The molecule has 0 amide bonds. The number of anilines is 1. The van der Waals surface area contributed by atoms with E-state index in [2.05, 4.69) is 5.32 Å². The van der Waals surface area contributed by atoms with Gasteiger partial charge in [0.2, 0.25) is 0 Å². The molecule has 0 saturated heterocycles. The zero-order valence-corrected chi connectivity index (χ0v) is 18.8. The molecule has 0 aliphatic rings. The van der Waals surface area contributed by atoms with Gasteiger partial charge >= 0.3 is 5.97 Å². The van der Waals surface area contributed by atoms with Crippen LogP contribution in [-0.2, 0) is 13.2 Å². The van der Waals surface area contributed by atoms with Crippen molar-refractivity contribution in [3.8, 4) is 11.5 Å². The molecule has 0 heterocycles. The van der Waals surface area contributed by atoms with E-state index in [4.69, 9.17) is 37.8 Å². The van der Waals surface area contributed by atoms with Gasteiger partial charge in [-0.25, -0.2) is 4.79 Å². The summed E-state index contributed by atoms with van der Waals surface area (Å²) in [5.74, 6) is 0.0705. The van der Waals surface area contributed by atoms with Gasteiger partial charge < -0.3 is 19.9 Å². The van der Waals surface area contributed by atoms with Crippen LogP contribution in [-0.4, -0.2) is 17.7 Å². The van der Waals surface area contributed by atoms with Crippen LogP contribution < -0.4 is 14.8 Å². The predicted molar refractivity (Wildman–Crippen MR) is 124 cm³/mol. The number of nitrogens with one attached hydrogen (secondary N) is 1. The van der Waals surface area contributed by atoms with E-state index in [0.717, 1.165) is 22.4 Å². The van der Waals surface area contributed by atoms with Crippen LogP contribution in [0.25, 0.3) is 0 Å². The van der Waals surface area contributed by atoms with Gasteiger partial charge in [-0.1, -0.05) is 41.4 Å². The lowest BCUT2D eigenvalue weighted by molar-refractivity contribution is 0.0697. The molecule has 0 unspecified atom stereocenters. The summed E-state index contributed by atoms with van der Waals surface area (Å²) in [6.45, 7) is 4.97. The van der Waals surface area contributed by atoms with Gasteiger partial charge in [-0.15, -0.1) is 0 Å². The normalized spacial score (nSPS) is 10.6. The molecule has 3 aromatic carbocycles. The van der Waals surface area contributed by atoms with Crippen LogP contribution in [0.3, 0.4) is 0 Å². The van der Waals surface area contributed by atoms with Crippen molar-refractivity contribution in [2.24, 2.45) is 0 Å². The summed E-state index contributed by atoms with van der Waals surface area (Å²) < 4.78 is 11.7. The molecule has 0 aliphatic carbocycles. The highest BCUT2D eigenvalue weighted by molar-refractivity contribution is 6.32. The van der Waals surface area contributed by atoms with Gasteiger partial charge in [0.05, 0.1) is 17.2 Å². The average molecular weight is 460 g/mol. The Hall–Kier alpha value is -2.89. The smallest absolute Gasteiger partial charge is 0.335 e. The Labute approximate surface area is 191 Å². The lowest BCUT2D eigenvalue weighted by Crippen LogP contribution is -2.05. The fourth-order valence-corrected chi connectivity index (χ4v) is 3.56. The third-order valence-corrected chi connectivity index (χ3v) is 5.30. The number of aryl methyl sites for hydroxylation is 1. The number of benzene rings is 3. The number of carbonyl (C=O) groups is 1. The maximum atomic E-state index is 11.1. The highest BCUT2D eigenvalue weighted by Gasteiger charge is 2.14. The van der Waals surface area contributed by atoms with Crippen molar-refractivity contribution < 1.29 is 19.4 Å². The van der Waals surface area contributed by atoms with Gasteiger partial charge in [0, 0.05) is 22.8 Å². The van der Waals surface area contributed by atoms with Crippen molar-refractivity contribution >= 4 is 34.9 Å². The highest BCUT2D eigenvalue weighted by Crippen LogP contribution is 2.38. The van der Waals surface area contributed by atoms with Crippen LogP contribution in [0.2, 0.25) is 10.0 Å². The van der Waals surface area contributed by atoms with Crippen LogP contribution in [0.4, 0.5) is 5.69 Å². The van der Waals surface area contributed by atoms with Crippen molar-refractivity contribution in [1.82, 2.24) is 0 Å². The summed E-state index contributed by atoms with van der Waals surface area (Å²) in [5.41, 5.74) is 3.70. The second-order valence-electron chi connectivity index (χ2n) is 6.91. The fraction of sp³-hybridized carbons (Fsp3) is 0.208. The van der Waals surface area contributed by atoms with Crippen molar-refractivity contribution in [2.75, 3.05) is 11.9 Å². The van der Waals surface area contributed by atoms with Crippen LogP contribution in [0.15, 0.2) is 54.6 Å². The third kappa shape index (κ3) is 5.84. The van der Waals surface area contributed by atoms with E-state index < -0.39 is 5.97 Å². The second kappa shape index (κ2) is 10.4. The van der Waals surface area contributed by atoms with Gasteiger partial charge in [-0.2, -0.15) is 0 Å². The standard InChI is InChI=1S/C24H23Cl2NO4/c1-3-30-22-12-16(13-27-21-9-8-17(24(28)29)10-15(21)2)11-20(26)23(22)31-14-18-6-4-5-7-19(18)25/h4-12,27H,3,13-14H2,1-2H3,(H,28,29). The molecule has 3 aromatic rings. The van der Waals surface area contributed by atoms with Gasteiger partial charge in [-0.3, -0.25) is 0 Å². The first-order valence-electron chi connectivity index (χ1n) is 9.78. The van der Waals surface area contributed by atoms with E-state index in [1.54, 1.807) is 18.2 Å². The molecule has 31 heavy (non-hydrogen) atoms. The Morgan fingerprint density at radius 1 is 1.03 bits per heavy atom. The van der Waals surface area contributed by atoms with E-state index in [1.807, 2.05) is 50.2 Å². The average Bonchev–Trinajstić information content (AvgIpc) is 2.73. The summed E-state index contributed by atoms with van der Waals surface area (Å²) in [6, 6.07) is 16.1. The predicted octanol–water partition coefficient (Wildman–Crippen LogP) is 6.59. The molecule has 5 nitrogen and oxygen atoms in total. The number of halogens is 2. The molecule has 0 spiro atoms. The minimum absolute atomic E-state index is 0.254. The number of aromatic carboxylic acids is 1. The summed E-state index contributed by atoms with van der Waals surface area (Å²) in [5, 5.41) is 13.5. The Morgan fingerprint density at radius 3 is 2.48 bits per heavy atom. The zero-order valence-electron chi connectivity index (χ0n) is 17.2. The SMILES string of the molecule is CCOc1cc(CNc2ccc(C(=O)O)cc2C)cc(Cl)c1OCc1ccccc1Cl. The number of carboxylic acid groups (broad SMARTS) is 1. The minimum atomic E-state index is -0.949. The van der Waals surface area contributed by atoms with Crippen molar-refractivity contribution in [1.29, 1.82) is 0 Å². The van der Waals surface area contributed by atoms with E-state index in [-0.39, 0.29) is 12.2 Å². The molecule has 7 heteroatoms. The number of hydrogen-bond donors (Lipinski definition) is 2. The first kappa shape index (κ1) is 22.8. The molecule has 0 bridgehead atoms. The first-order chi connectivity index (χ1) is 14.9. The molecule has 3 rings (SSSR count). The zero-order chi connectivity index (χ0) is 22.4. The van der Waals surface area contributed by atoms with E-state index in [1.165, 1.54) is 0 Å². The van der Waals surface area contributed by atoms with Crippen molar-refractivity contribution in [3.63, 3.8) is 0 Å². The minimum Gasteiger partial charge on any atom is -0.490 e. The van der Waals surface area contributed by atoms with Gasteiger partial charge in [0.25, 0.3) is 0 Å². The molecule has 0 radical (unpaired) electrons. The van der Waals surface area contributed by atoms with E-state index in [0.29, 0.717) is 34.7 Å². The number of rotatable bonds is 9. The molecular weight excluding hydrogens is 437 g/mol. The molecular formula is C24H23Cl2NO4. The summed E-state index contributed by atoms with van der Waals surface area (Å²) in [4.78, 5) is 11.1. The molecule has 162 valence electrons. The quantitative estimate of drug-likeness (QED) is 0.377. The lowest BCUT2D eigenvalue weighted by Gasteiger charge is -2.17. The molecule has 0 aliphatic heterocycles. The first-order valence-corrected chi connectivity index (χ1v) is 10.5. The van der Waals surface area contributed by atoms with Crippen LogP contribution in [0.1, 0.15) is 34.0 Å². The second-order valence-corrected chi connectivity index (χ2v) is 7.72. The fourth-order valence-electron chi connectivity index (χ4n) is 3.08. The maximum Gasteiger partial charge on any atom is 0.335 e. The van der Waals surface area contributed by atoms with Gasteiger partial charge in [0.1, 0.15) is 6.61 Å². The Kier molecular flexibility index (Phi) is 7.66. The largest absolute Gasteiger partial charge is 0.490 e. The van der Waals surface area contributed by atoms with Gasteiger partial charge in [-0.05, 0) is 61.4 Å². The summed E-state index contributed by atoms with van der Waals surface area (Å²) in [6.07, 6.45) is 0. The number of carboxylic acids is 1. The lowest BCUT2D eigenvalue weighted by atomic mass is 10.1. The van der Waals surface area contributed by atoms with Crippen LogP contribution in [0.5, 0.6) is 11.5 Å². The molecule has 0 saturated carbocycles. The van der Waals surface area contributed by atoms with Gasteiger partial charge in [0.15, 0.2) is 11.5 Å². The summed E-state index contributed by atoms with van der Waals surface area (Å²) in [7, 11) is 0. The van der Waals surface area contributed by atoms with Crippen LogP contribution >= 0.6 is 23.2 Å². The Morgan fingerprint density at radius 2 is 1.81 bits per heavy atom. The number of ether oxygens (including phenoxy) is 2. The number of hydrogen-bond acceptors (Lipinski definition) is 4. The molecule has 2 N–H and O–H groups in total. The Bertz CT molecular complexity index is 1090. The molecule has 0 aromatic heterocycles. The third-order valence-electron chi connectivity index (χ3n) is 4.66. The Balaban J connectivity index is 1.76. The topological polar surface area (TPSA) is 67.8 Å². The maximum absolute atomic E-state index is 11.1. The highest BCUT2D eigenvalue weighted by atomic mass is 35.5. The van der Waals surface area contributed by atoms with Crippen molar-refractivity contribution in [2.45, 2.75) is 27.0 Å². The summed E-state index contributed by atoms with van der Waals surface area (Å²) >= 11 is 12.7. The van der Waals surface area contributed by atoms with Crippen molar-refractivity contribution in [3.05, 3.63) is 86.9 Å². The molecule has 0 fully saturated rings. The van der Waals surface area contributed by atoms with E-state index in [9.17, 15) is 4.79 Å².